The molecular weight excluding hydrogens is 213 g/mol. The smallest absolute Gasteiger partial charge is 0.386 e. The first-order valence-electron chi connectivity index (χ1n) is 4.74. The lowest BCUT2D eigenvalue weighted by atomic mass is 9.89. The highest BCUT2D eigenvalue weighted by atomic mass is 19.4. The molecule has 0 heterocycles. The van der Waals surface area contributed by atoms with E-state index >= 15 is 0 Å². The molecule has 1 fully saturated rings. The molecule has 0 radical (unpaired) electrons. The van der Waals surface area contributed by atoms with Crippen LogP contribution in [-0.4, -0.2) is 18.1 Å². The molecule has 86 valence electrons. The van der Waals surface area contributed by atoms with Crippen LogP contribution >= 0.6 is 0 Å². The Kier molecular flexibility index (Phi) is 3.71. The highest BCUT2D eigenvalue weighted by molar-refractivity contribution is 5.89. The molecule has 0 N–H and O–H groups in total. The summed E-state index contributed by atoms with van der Waals surface area (Å²) in [4.78, 5) is 21.5. The van der Waals surface area contributed by atoms with Crippen LogP contribution in [0, 0.1) is 5.92 Å². The van der Waals surface area contributed by atoms with Gasteiger partial charge in [0.1, 0.15) is 0 Å². The van der Waals surface area contributed by atoms with E-state index in [4.69, 9.17) is 0 Å². The van der Waals surface area contributed by atoms with E-state index in [-0.39, 0.29) is 0 Å². The third-order valence-electron chi connectivity index (χ3n) is 2.36. The number of carbonyl (C=O) groups excluding carboxylic acids is 2. The summed E-state index contributed by atoms with van der Waals surface area (Å²) in [5, 5.41) is 0. The molecule has 0 atom stereocenters. The summed E-state index contributed by atoms with van der Waals surface area (Å²) >= 11 is 0. The van der Waals surface area contributed by atoms with Gasteiger partial charge in [-0.05, 0) is 12.8 Å². The molecule has 0 amide bonds. The second-order valence-corrected chi connectivity index (χ2v) is 3.54. The number of esters is 2. The van der Waals surface area contributed by atoms with Gasteiger partial charge < -0.3 is 4.74 Å². The largest absolute Gasteiger partial charge is 0.491 e. The van der Waals surface area contributed by atoms with Crippen LogP contribution in [0.3, 0.4) is 0 Å². The quantitative estimate of drug-likeness (QED) is 0.506. The fraction of sp³-hybridized carbons (Fsp3) is 0.778. The normalized spacial score (nSPS) is 18.6. The fourth-order valence-corrected chi connectivity index (χ4v) is 1.57. The number of alkyl halides is 3. The van der Waals surface area contributed by atoms with Crippen molar-refractivity contribution < 1.29 is 27.5 Å². The Morgan fingerprint density at radius 2 is 1.60 bits per heavy atom. The lowest BCUT2D eigenvalue weighted by Crippen LogP contribution is -2.31. The van der Waals surface area contributed by atoms with E-state index < -0.39 is 24.0 Å². The molecule has 0 saturated heterocycles. The molecule has 0 aromatic rings. The second kappa shape index (κ2) is 4.63. The molecule has 15 heavy (non-hydrogen) atoms. The van der Waals surface area contributed by atoms with Crippen molar-refractivity contribution in [3.8, 4) is 0 Å². The number of rotatable bonds is 1. The highest BCUT2D eigenvalue weighted by Crippen LogP contribution is 2.26. The average Bonchev–Trinajstić information content (AvgIpc) is 2.17. The molecule has 1 rings (SSSR count). The van der Waals surface area contributed by atoms with Crippen molar-refractivity contribution >= 4 is 11.9 Å². The Hall–Kier alpha value is -1.07. The van der Waals surface area contributed by atoms with E-state index in [0.29, 0.717) is 12.8 Å². The minimum atomic E-state index is -5.09. The van der Waals surface area contributed by atoms with Crippen molar-refractivity contribution in [2.75, 3.05) is 0 Å². The van der Waals surface area contributed by atoms with Gasteiger partial charge in [-0.3, -0.25) is 4.79 Å². The van der Waals surface area contributed by atoms with Gasteiger partial charge >= 0.3 is 18.1 Å². The van der Waals surface area contributed by atoms with Crippen LogP contribution in [0.15, 0.2) is 0 Å². The maximum atomic E-state index is 11.7. The summed E-state index contributed by atoms with van der Waals surface area (Å²) in [7, 11) is 0. The predicted octanol–water partition coefficient (Wildman–Crippen LogP) is 2.20. The molecular formula is C9H11F3O3. The SMILES string of the molecule is O=C(OC(=O)C(F)(F)F)C1CCCCC1. The summed E-state index contributed by atoms with van der Waals surface area (Å²) in [6, 6.07) is 0. The average molecular weight is 224 g/mol. The number of hydrogen-bond acceptors (Lipinski definition) is 3. The lowest BCUT2D eigenvalue weighted by Gasteiger charge is -2.19. The molecule has 0 bridgehead atoms. The molecule has 0 aliphatic heterocycles. The van der Waals surface area contributed by atoms with Crippen LogP contribution in [0.2, 0.25) is 0 Å². The molecule has 0 aromatic carbocycles. The van der Waals surface area contributed by atoms with Gasteiger partial charge in [0.2, 0.25) is 0 Å². The van der Waals surface area contributed by atoms with E-state index in [1.165, 1.54) is 0 Å². The van der Waals surface area contributed by atoms with Gasteiger partial charge in [0.25, 0.3) is 0 Å². The van der Waals surface area contributed by atoms with E-state index in [2.05, 4.69) is 4.74 Å². The third kappa shape index (κ3) is 3.53. The van der Waals surface area contributed by atoms with E-state index in [1.54, 1.807) is 0 Å². The minimum absolute atomic E-state index is 0.504. The highest BCUT2D eigenvalue weighted by Gasteiger charge is 2.43. The molecule has 6 heteroatoms. The Morgan fingerprint density at radius 3 is 2.07 bits per heavy atom. The Morgan fingerprint density at radius 1 is 1.07 bits per heavy atom. The standard InChI is InChI=1S/C9H11F3O3/c10-9(11,12)8(14)15-7(13)6-4-2-1-3-5-6/h6H,1-5H2. The van der Waals surface area contributed by atoms with Crippen molar-refractivity contribution in [1.29, 1.82) is 0 Å². The van der Waals surface area contributed by atoms with Gasteiger partial charge in [-0.1, -0.05) is 19.3 Å². The van der Waals surface area contributed by atoms with Crippen molar-refractivity contribution in [3.05, 3.63) is 0 Å². The summed E-state index contributed by atoms with van der Waals surface area (Å²) in [6.45, 7) is 0. The van der Waals surface area contributed by atoms with Crippen molar-refractivity contribution in [2.45, 2.75) is 38.3 Å². The third-order valence-corrected chi connectivity index (χ3v) is 2.36. The van der Waals surface area contributed by atoms with Gasteiger partial charge in [-0.2, -0.15) is 13.2 Å². The topological polar surface area (TPSA) is 43.4 Å². The summed E-state index contributed by atoms with van der Waals surface area (Å²) in [5.74, 6) is -4.01. The molecule has 1 aliphatic carbocycles. The molecule has 1 saturated carbocycles. The van der Waals surface area contributed by atoms with E-state index in [9.17, 15) is 22.8 Å². The van der Waals surface area contributed by atoms with Crippen LogP contribution in [0.25, 0.3) is 0 Å². The zero-order valence-corrected chi connectivity index (χ0v) is 7.97. The Bertz CT molecular complexity index is 254. The van der Waals surface area contributed by atoms with E-state index in [1.807, 2.05) is 0 Å². The van der Waals surface area contributed by atoms with Gasteiger partial charge in [0.15, 0.2) is 0 Å². The van der Waals surface area contributed by atoms with Crippen molar-refractivity contribution in [3.63, 3.8) is 0 Å². The zero-order valence-electron chi connectivity index (χ0n) is 7.97. The first kappa shape index (κ1) is 12.0. The number of carbonyl (C=O) groups is 2. The van der Waals surface area contributed by atoms with Gasteiger partial charge in [0, 0.05) is 0 Å². The van der Waals surface area contributed by atoms with Gasteiger partial charge in [-0.15, -0.1) is 0 Å². The molecule has 0 unspecified atom stereocenters. The van der Waals surface area contributed by atoms with Crippen LogP contribution < -0.4 is 0 Å². The minimum Gasteiger partial charge on any atom is -0.386 e. The number of hydrogen-bond donors (Lipinski definition) is 0. The first-order chi connectivity index (χ1) is 6.91. The summed E-state index contributed by atoms with van der Waals surface area (Å²) in [5.41, 5.74) is 0. The summed E-state index contributed by atoms with van der Waals surface area (Å²) in [6.07, 6.45) is -1.53. The molecule has 3 nitrogen and oxygen atoms in total. The Balaban J connectivity index is 2.44. The van der Waals surface area contributed by atoms with Crippen LogP contribution in [0.4, 0.5) is 13.2 Å². The van der Waals surface area contributed by atoms with Crippen LogP contribution in [0.5, 0.6) is 0 Å². The molecule has 0 spiro atoms. The number of halogens is 3. The van der Waals surface area contributed by atoms with Gasteiger partial charge in [-0.25, -0.2) is 4.79 Å². The summed E-state index contributed by atoms with van der Waals surface area (Å²) < 4.78 is 39.0. The van der Waals surface area contributed by atoms with Crippen molar-refractivity contribution in [2.24, 2.45) is 5.92 Å². The van der Waals surface area contributed by atoms with Crippen LogP contribution in [0.1, 0.15) is 32.1 Å². The van der Waals surface area contributed by atoms with Gasteiger partial charge in [0.05, 0.1) is 5.92 Å². The molecule has 0 aromatic heterocycles. The monoisotopic (exact) mass is 224 g/mol. The van der Waals surface area contributed by atoms with Crippen molar-refractivity contribution in [1.82, 2.24) is 0 Å². The van der Waals surface area contributed by atoms with Crippen LogP contribution in [-0.2, 0) is 14.3 Å². The zero-order chi connectivity index (χ0) is 11.5. The maximum Gasteiger partial charge on any atom is 0.491 e. The Labute approximate surface area is 84.6 Å². The maximum absolute atomic E-state index is 11.7. The fourth-order valence-electron chi connectivity index (χ4n) is 1.57. The predicted molar refractivity (Wildman–Crippen MR) is 43.7 cm³/mol. The molecule has 1 aliphatic rings. The van der Waals surface area contributed by atoms with E-state index in [0.717, 1.165) is 19.3 Å². The lowest BCUT2D eigenvalue weighted by molar-refractivity contribution is -0.203. The number of ether oxygens (including phenoxy) is 1. The first-order valence-corrected chi connectivity index (χ1v) is 4.74. The second-order valence-electron chi connectivity index (χ2n) is 3.54.